The highest BCUT2D eigenvalue weighted by Gasteiger charge is 2.30. The van der Waals surface area contributed by atoms with Crippen molar-refractivity contribution in [3.63, 3.8) is 0 Å². The summed E-state index contributed by atoms with van der Waals surface area (Å²) in [6.45, 7) is 5.79. The van der Waals surface area contributed by atoms with Crippen LogP contribution in [-0.4, -0.2) is 32.6 Å². The summed E-state index contributed by atoms with van der Waals surface area (Å²) in [4.78, 5) is 0. The van der Waals surface area contributed by atoms with Crippen molar-refractivity contribution in [2.45, 2.75) is 32.9 Å². The highest BCUT2D eigenvalue weighted by atomic mass is 35.5. The number of halogens is 1. The Labute approximate surface area is 131 Å². The standard InChI is InChI=1S/C15H22ClNO3S/c1-11(2)8-17-9-13-14(16)4-3-5-15(13)20-12-6-7-21(18,19)10-12/h3-5,11-12,17H,6-10H2,1-2H3. The van der Waals surface area contributed by atoms with Gasteiger partial charge in [0.2, 0.25) is 0 Å². The van der Waals surface area contributed by atoms with E-state index in [2.05, 4.69) is 19.2 Å². The summed E-state index contributed by atoms with van der Waals surface area (Å²) in [5.41, 5.74) is 0.893. The lowest BCUT2D eigenvalue weighted by Crippen LogP contribution is -2.22. The smallest absolute Gasteiger partial charge is 0.154 e. The summed E-state index contributed by atoms with van der Waals surface area (Å²) < 4.78 is 28.9. The first-order valence-corrected chi connectivity index (χ1v) is 9.42. The molecular weight excluding hydrogens is 310 g/mol. The monoisotopic (exact) mass is 331 g/mol. The second kappa shape index (κ2) is 6.99. The minimum absolute atomic E-state index is 0.0956. The predicted octanol–water partition coefficient (Wildman–Crippen LogP) is 2.65. The molecule has 1 saturated heterocycles. The number of nitrogens with one attached hydrogen (secondary N) is 1. The molecule has 0 spiro atoms. The van der Waals surface area contributed by atoms with E-state index in [0.29, 0.717) is 29.7 Å². The van der Waals surface area contributed by atoms with Gasteiger partial charge >= 0.3 is 0 Å². The lowest BCUT2D eigenvalue weighted by Gasteiger charge is -2.17. The largest absolute Gasteiger partial charge is 0.489 e. The number of hydrogen-bond acceptors (Lipinski definition) is 4. The molecular formula is C15H22ClNO3S. The van der Waals surface area contributed by atoms with E-state index in [1.807, 2.05) is 18.2 Å². The Morgan fingerprint density at radius 1 is 1.43 bits per heavy atom. The first kappa shape index (κ1) is 16.6. The summed E-state index contributed by atoms with van der Waals surface area (Å²) in [5, 5.41) is 3.98. The number of hydrogen-bond donors (Lipinski definition) is 1. The fourth-order valence-electron chi connectivity index (χ4n) is 2.34. The van der Waals surface area contributed by atoms with E-state index in [9.17, 15) is 8.42 Å². The highest BCUT2D eigenvalue weighted by molar-refractivity contribution is 7.91. The van der Waals surface area contributed by atoms with E-state index in [-0.39, 0.29) is 17.6 Å². The molecule has 6 heteroatoms. The van der Waals surface area contributed by atoms with E-state index >= 15 is 0 Å². The lowest BCUT2D eigenvalue weighted by atomic mass is 10.1. The molecule has 0 bridgehead atoms. The van der Waals surface area contributed by atoms with Crippen molar-refractivity contribution in [2.24, 2.45) is 5.92 Å². The zero-order valence-electron chi connectivity index (χ0n) is 12.4. The molecule has 1 aliphatic heterocycles. The van der Waals surface area contributed by atoms with Gasteiger partial charge in [-0.25, -0.2) is 8.42 Å². The highest BCUT2D eigenvalue weighted by Crippen LogP contribution is 2.29. The van der Waals surface area contributed by atoms with Gasteiger partial charge in [0.1, 0.15) is 11.9 Å². The maximum Gasteiger partial charge on any atom is 0.154 e. The zero-order valence-corrected chi connectivity index (χ0v) is 14.0. The maximum absolute atomic E-state index is 11.5. The van der Waals surface area contributed by atoms with Crippen molar-refractivity contribution in [3.8, 4) is 5.75 Å². The fraction of sp³-hybridized carbons (Fsp3) is 0.600. The van der Waals surface area contributed by atoms with Crippen LogP contribution in [0.5, 0.6) is 5.75 Å². The molecule has 1 heterocycles. The maximum atomic E-state index is 11.5. The quantitative estimate of drug-likeness (QED) is 0.870. The summed E-state index contributed by atoms with van der Waals surface area (Å²) in [5.74, 6) is 1.54. The number of rotatable bonds is 6. The Morgan fingerprint density at radius 3 is 2.81 bits per heavy atom. The minimum Gasteiger partial charge on any atom is -0.489 e. The van der Waals surface area contributed by atoms with Crippen molar-refractivity contribution in [1.29, 1.82) is 0 Å². The number of ether oxygens (including phenoxy) is 1. The Morgan fingerprint density at radius 2 is 2.19 bits per heavy atom. The van der Waals surface area contributed by atoms with Crippen LogP contribution in [0.3, 0.4) is 0 Å². The topological polar surface area (TPSA) is 55.4 Å². The third-order valence-corrected chi connectivity index (χ3v) is 5.51. The third-order valence-electron chi connectivity index (χ3n) is 3.41. The average molecular weight is 332 g/mol. The second-order valence-electron chi connectivity index (χ2n) is 5.88. The molecule has 4 nitrogen and oxygen atoms in total. The van der Waals surface area contributed by atoms with Gasteiger partial charge in [0.15, 0.2) is 9.84 Å². The van der Waals surface area contributed by atoms with Crippen molar-refractivity contribution >= 4 is 21.4 Å². The van der Waals surface area contributed by atoms with Crippen LogP contribution < -0.4 is 10.1 Å². The molecule has 1 aliphatic rings. The van der Waals surface area contributed by atoms with Crippen LogP contribution in [0.15, 0.2) is 18.2 Å². The van der Waals surface area contributed by atoms with Crippen molar-refractivity contribution in [2.75, 3.05) is 18.1 Å². The molecule has 1 atom stereocenters. The molecule has 1 fully saturated rings. The molecule has 0 radical (unpaired) electrons. The molecule has 1 N–H and O–H groups in total. The molecule has 0 aliphatic carbocycles. The lowest BCUT2D eigenvalue weighted by molar-refractivity contribution is 0.226. The van der Waals surface area contributed by atoms with Crippen molar-refractivity contribution in [3.05, 3.63) is 28.8 Å². The first-order valence-electron chi connectivity index (χ1n) is 7.22. The second-order valence-corrected chi connectivity index (χ2v) is 8.52. The van der Waals surface area contributed by atoms with E-state index in [4.69, 9.17) is 16.3 Å². The van der Waals surface area contributed by atoms with Gasteiger partial charge in [-0.3, -0.25) is 0 Å². The SMILES string of the molecule is CC(C)CNCc1c(Cl)cccc1OC1CCS(=O)(=O)C1. The molecule has 118 valence electrons. The number of benzene rings is 1. The Bertz CT molecular complexity index is 587. The van der Waals surface area contributed by atoms with Crippen LogP contribution in [0, 0.1) is 5.92 Å². The number of sulfone groups is 1. The summed E-state index contributed by atoms with van der Waals surface area (Å²) in [6, 6.07) is 5.50. The van der Waals surface area contributed by atoms with Crippen molar-refractivity contribution in [1.82, 2.24) is 5.32 Å². The van der Waals surface area contributed by atoms with Gasteiger partial charge in [0.05, 0.1) is 11.5 Å². The van der Waals surface area contributed by atoms with Crippen LogP contribution >= 0.6 is 11.6 Å². The van der Waals surface area contributed by atoms with Gasteiger partial charge in [-0.2, -0.15) is 0 Å². The van der Waals surface area contributed by atoms with Crippen LogP contribution in [0.25, 0.3) is 0 Å². The van der Waals surface area contributed by atoms with Crippen LogP contribution in [0.2, 0.25) is 5.02 Å². The van der Waals surface area contributed by atoms with E-state index in [0.717, 1.165) is 12.1 Å². The van der Waals surface area contributed by atoms with Crippen molar-refractivity contribution < 1.29 is 13.2 Å². The summed E-state index contributed by atoms with van der Waals surface area (Å²) in [7, 11) is -2.94. The molecule has 0 aromatic heterocycles. The van der Waals surface area contributed by atoms with Gasteiger partial charge in [0, 0.05) is 17.1 Å². The van der Waals surface area contributed by atoms with E-state index < -0.39 is 9.84 Å². The van der Waals surface area contributed by atoms with Gasteiger partial charge in [0.25, 0.3) is 0 Å². The van der Waals surface area contributed by atoms with E-state index in [1.165, 1.54) is 0 Å². The van der Waals surface area contributed by atoms with Crippen LogP contribution in [0.4, 0.5) is 0 Å². The van der Waals surface area contributed by atoms with Gasteiger partial charge in [-0.1, -0.05) is 31.5 Å². The molecule has 1 aromatic rings. The molecule has 0 saturated carbocycles. The molecule has 0 amide bonds. The van der Waals surface area contributed by atoms with Gasteiger partial charge in [-0.05, 0) is 31.0 Å². The van der Waals surface area contributed by atoms with Gasteiger partial charge in [-0.15, -0.1) is 0 Å². The van der Waals surface area contributed by atoms with Gasteiger partial charge < -0.3 is 10.1 Å². The molecule has 1 unspecified atom stereocenters. The molecule has 2 rings (SSSR count). The average Bonchev–Trinajstić information content (AvgIpc) is 2.72. The molecule has 1 aromatic carbocycles. The Balaban J connectivity index is 2.06. The van der Waals surface area contributed by atoms with E-state index in [1.54, 1.807) is 0 Å². The zero-order chi connectivity index (χ0) is 15.5. The first-order chi connectivity index (χ1) is 9.87. The Kier molecular flexibility index (Phi) is 5.52. The normalized spacial score (nSPS) is 20.9. The van der Waals surface area contributed by atoms with Crippen LogP contribution in [0.1, 0.15) is 25.8 Å². The Hall–Kier alpha value is -0.780. The molecule has 21 heavy (non-hydrogen) atoms. The predicted molar refractivity (Wildman–Crippen MR) is 85.7 cm³/mol. The van der Waals surface area contributed by atoms with Crippen LogP contribution in [-0.2, 0) is 16.4 Å². The minimum atomic E-state index is -2.94. The summed E-state index contributed by atoms with van der Waals surface area (Å²) >= 11 is 6.25. The third kappa shape index (κ3) is 4.87. The fourth-order valence-corrected chi connectivity index (χ4v) is 4.16. The summed E-state index contributed by atoms with van der Waals surface area (Å²) in [6.07, 6.45) is 0.283.